The quantitative estimate of drug-likeness (QED) is 0.834. The molecule has 5 nitrogen and oxygen atoms in total. The minimum atomic E-state index is 0.0264. The standard InChI is InChI=1S/C16H23NO4/c1-19-14-6-3-7-15(20-2)13(14)8-9-16(18)17-11-12-5-4-10-21-12/h3,6-7,12H,4-5,8-11H2,1-2H3,(H,17,18). The maximum Gasteiger partial charge on any atom is 0.220 e. The van der Waals surface area contributed by atoms with Gasteiger partial charge in [0, 0.05) is 25.1 Å². The van der Waals surface area contributed by atoms with Crippen LogP contribution in [0.5, 0.6) is 11.5 Å². The minimum Gasteiger partial charge on any atom is -0.496 e. The van der Waals surface area contributed by atoms with Crippen LogP contribution in [-0.2, 0) is 16.0 Å². The van der Waals surface area contributed by atoms with Gasteiger partial charge in [-0.25, -0.2) is 0 Å². The lowest BCUT2D eigenvalue weighted by Crippen LogP contribution is -2.31. The summed E-state index contributed by atoms with van der Waals surface area (Å²) in [6, 6.07) is 5.63. The zero-order valence-electron chi connectivity index (χ0n) is 12.7. The number of benzene rings is 1. The van der Waals surface area contributed by atoms with Gasteiger partial charge in [0.1, 0.15) is 11.5 Å². The van der Waals surface area contributed by atoms with Gasteiger partial charge in [-0.2, -0.15) is 0 Å². The van der Waals surface area contributed by atoms with Gasteiger partial charge in [0.2, 0.25) is 5.91 Å². The van der Waals surface area contributed by atoms with Crippen LogP contribution in [0.3, 0.4) is 0 Å². The van der Waals surface area contributed by atoms with Crippen LogP contribution in [0.2, 0.25) is 0 Å². The maximum atomic E-state index is 11.9. The highest BCUT2D eigenvalue weighted by Crippen LogP contribution is 2.29. The lowest BCUT2D eigenvalue weighted by Gasteiger charge is -2.14. The van der Waals surface area contributed by atoms with Crippen molar-refractivity contribution >= 4 is 5.91 Å². The molecule has 1 aromatic rings. The van der Waals surface area contributed by atoms with Crippen molar-refractivity contribution in [3.8, 4) is 11.5 Å². The number of ether oxygens (including phenoxy) is 3. The summed E-state index contributed by atoms with van der Waals surface area (Å²) in [5.41, 5.74) is 0.926. The lowest BCUT2D eigenvalue weighted by molar-refractivity contribution is -0.121. The summed E-state index contributed by atoms with van der Waals surface area (Å²) in [5.74, 6) is 1.53. The summed E-state index contributed by atoms with van der Waals surface area (Å²) in [4.78, 5) is 11.9. The third-order valence-corrected chi connectivity index (χ3v) is 3.68. The predicted octanol–water partition coefficient (Wildman–Crippen LogP) is 1.93. The van der Waals surface area contributed by atoms with Crippen LogP contribution >= 0.6 is 0 Å². The Morgan fingerprint density at radius 1 is 1.33 bits per heavy atom. The minimum absolute atomic E-state index is 0.0264. The van der Waals surface area contributed by atoms with E-state index in [1.807, 2.05) is 18.2 Å². The van der Waals surface area contributed by atoms with E-state index in [4.69, 9.17) is 14.2 Å². The zero-order chi connectivity index (χ0) is 15.1. The second kappa shape index (κ2) is 7.88. The van der Waals surface area contributed by atoms with Gasteiger partial charge in [-0.1, -0.05) is 6.07 Å². The van der Waals surface area contributed by atoms with Gasteiger partial charge in [-0.15, -0.1) is 0 Å². The molecule has 1 fully saturated rings. The fraction of sp³-hybridized carbons (Fsp3) is 0.562. The van der Waals surface area contributed by atoms with Gasteiger partial charge in [0.25, 0.3) is 0 Å². The molecule has 1 aliphatic rings. The molecule has 0 spiro atoms. The van der Waals surface area contributed by atoms with Gasteiger partial charge in [-0.3, -0.25) is 4.79 Å². The van der Waals surface area contributed by atoms with Gasteiger partial charge >= 0.3 is 0 Å². The Morgan fingerprint density at radius 2 is 2.05 bits per heavy atom. The Labute approximate surface area is 125 Å². The number of methoxy groups -OCH3 is 2. The number of hydrogen-bond acceptors (Lipinski definition) is 4. The van der Waals surface area contributed by atoms with E-state index in [0.717, 1.165) is 36.5 Å². The number of nitrogens with one attached hydrogen (secondary N) is 1. The van der Waals surface area contributed by atoms with Gasteiger partial charge in [0.15, 0.2) is 0 Å². The molecule has 1 unspecified atom stereocenters. The average Bonchev–Trinajstić information content (AvgIpc) is 3.03. The Bertz CT molecular complexity index is 447. The number of hydrogen-bond donors (Lipinski definition) is 1. The third kappa shape index (κ3) is 4.36. The second-order valence-corrected chi connectivity index (χ2v) is 5.08. The van der Waals surface area contributed by atoms with Crippen molar-refractivity contribution < 1.29 is 19.0 Å². The van der Waals surface area contributed by atoms with Crippen LogP contribution in [-0.4, -0.2) is 39.4 Å². The average molecular weight is 293 g/mol. The van der Waals surface area contributed by atoms with E-state index >= 15 is 0 Å². The summed E-state index contributed by atoms with van der Waals surface area (Å²) >= 11 is 0. The second-order valence-electron chi connectivity index (χ2n) is 5.08. The van der Waals surface area contributed by atoms with Crippen LogP contribution in [0, 0.1) is 0 Å². The van der Waals surface area contributed by atoms with E-state index in [1.165, 1.54) is 0 Å². The molecule has 1 amide bonds. The van der Waals surface area contributed by atoms with Crippen molar-refractivity contribution in [1.82, 2.24) is 5.32 Å². The van der Waals surface area contributed by atoms with Crippen molar-refractivity contribution in [3.63, 3.8) is 0 Å². The molecule has 1 atom stereocenters. The van der Waals surface area contributed by atoms with Crippen LogP contribution in [0.15, 0.2) is 18.2 Å². The van der Waals surface area contributed by atoms with E-state index < -0.39 is 0 Å². The fourth-order valence-corrected chi connectivity index (χ4v) is 2.53. The molecular weight excluding hydrogens is 270 g/mol. The van der Waals surface area contributed by atoms with E-state index in [1.54, 1.807) is 14.2 Å². The van der Waals surface area contributed by atoms with Crippen LogP contribution in [0.4, 0.5) is 0 Å². The summed E-state index contributed by atoms with van der Waals surface area (Å²) < 4.78 is 16.1. The fourth-order valence-electron chi connectivity index (χ4n) is 2.53. The molecule has 0 saturated carbocycles. The molecule has 1 aromatic carbocycles. The normalized spacial score (nSPS) is 17.5. The van der Waals surface area contributed by atoms with Crippen molar-refractivity contribution in [3.05, 3.63) is 23.8 Å². The van der Waals surface area contributed by atoms with Gasteiger partial charge < -0.3 is 19.5 Å². The predicted molar refractivity (Wildman–Crippen MR) is 79.9 cm³/mol. The molecule has 0 bridgehead atoms. The molecule has 21 heavy (non-hydrogen) atoms. The SMILES string of the molecule is COc1cccc(OC)c1CCC(=O)NCC1CCCO1. The highest BCUT2D eigenvalue weighted by atomic mass is 16.5. The number of carbonyl (C=O) groups excluding carboxylic acids is 1. The molecule has 1 aliphatic heterocycles. The highest BCUT2D eigenvalue weighted by molar-refractivity contribution is 5.76. The molecular formula is C16H23NO4. The summed E-state index contributed by atoms with van der Waals surface area (Å²) in [6.07, 6.45) is 3.28. The van der Waals surface area contributed by atoms with Gasteiger partial charge in [0.05, 0.1) is 20.3 Å². The van der Waals surface area contributed by atoms with Crippen molar-refractivity contribution in [2.24, 2.45) is 0 Å². The molecule has 1 heterocycles. The summed E-state index contributed by atoms with van der Waals surface area (Å²) in [6.45, 7) is 1.40. The van der Waals surface area contributed by atoms with Crippen LogP contribution in [0.1, 0.15) is 24.8 Å². The smallest absolute Gasteiger partial charge is 0.220 e. The van der Waals surface area contributed by atoms with E-state index in [2.05, 4.69) is 5.32 Å². The Balaban J connectivity index is 1.85. The molecule has 2 rings (SSSR count). The molecule has 5 heteroatoms. The van der Waals surface area contributed by atoms with Gasteiger partial charge in [-0.05, 0) is 31.4 Å². The van der Waals surface area contributed by atoms with E-state index in [0.29, 0.717) is 19.4 Å². The first kappa shape index (κ1) is 15.6. The lowest BCUT2D eigenvalue weighted by atomic mass is 10.1. The highest BCUT2D eigenvalue weighted by Gasteiger charge is 2.17. The maximum absolute atomic E-state index is 11.9. The molecule has 116 valence electrons. The van der Waals surface area contributed by atoms with Crippen molar-refractivity contribution in [2.75, 3.05) is 27.4 Å². The first-order valence-electron chi connectivity index (χ1n) is 7.32. The van der Waals surface area contributed by atoms with E-state index in [9.17, 15) is 4.79 Å². The van der Waals surface area contributed by atoms with Crippen molar-refractivity contribution in [1.29, 1.82) is 0 Å². The number of rotatable bonds is 7. The van der Waals surface area contributed by atoms with Crippen molar-refractivity contribution in [2.45, 2.75) is 31.8 Å². The van der Waals surface area contributed by atoms with Crippen LogP contribution < -0.4 is 14.8 Å². The number of carbonyl (C=O) groups is 1. The Hall–Kier alpha value is -1.75. The monoisotopic (exact) mass is 293 g/mol. The molecule has 0 aromatic heterocycles. The zero-order valence-corrected chi connectivity index (χ0v) is 12.7. The first-order chi connectivity index (χ1) is 10.2. The molecule has 1 saturated heterocycles. The third-order valence-electron chi connectivity index (χ3n) is 3.68. The van der Waals surface area contributed by atoms with E-state index in [-0.39, 0.29) is 12.0 Å². The largest absolute Gasteiger partial charge is 0.496 e. The Kier molecular flexibility index (Phi) is 5.87. The summed E-state index contributed by atoms with van der Waals surface area (Å²) in [7, 11) is 3.24. The molecule has 0 aliphatic carbocycles. The molecule has 0 radical (unpaired) electrons. The topological polar surface area (TPSA) is 56.8 Å². The number of amides is 1. The first-order valence-corrected chi connectivity index (χ1v) is 7.32. The molecule has 1 N–H and O–H groups in total. The van der Waals surface area contributed by atoms with Crippen LogP contribution in [0.25, 0.3) is 0 Å². The summed E-state index contributed by atoms with van der Waals surface area (Å²) in [5, 5.41) is 2.92. The Morgan fingerprint density at radius 3 is 2.62 bits per heavy atom.